The molecule has 0 aliphatic carbocycles. The highest BCUT2D eigenvalue weighted by Crippen LogP contribution is 2.22. The summed E-state index contributed by atoms with van der Waals surface area (Å²) in [6, 6.07) is -0.277. The Labute approximate surface area is 124 Å². The Hall–Kier alpha value is -1.67. The van der Waals surface area contributed by atoms with Gasteiger partial charge in [0.15, 0.2) is 5.03 Å². The van der Waals surface area contributed by atoms with Gasteiger partial charge in [-0.2, -0.15) is 0 Å². The van der Waals surface area contributed by atoms with Gasteiger partial charge in [0.25, 0.3) is 10.0 Å². The Kier molecular flexibility index (Phi) is 4.20. The molecule has 0 spiro atoms. The van der Waals surface area contributed by atoms with E-state index in [4.69, 9.17) is 0 Å². The van der Waals surface area contributed by atoms with Gasteiger partial charge in [-0.3, -0.25) is 0 Å². The third-order valence-corrected chi connectivity index (χ3v) is 4.65. The van der Waals surface area contributed by atoms with E-state index in [1.165, 1.54) is 6.20 Å². The lowest BCUT2D eigenvalue weighted by Gasteiger charge is -2.31. The Bertz CT molecular complexity index is 682. The molecule has 2 aromatic rings. The van der Waals surface area contributed by atoms with Crippen molar-refractivity contribution in [3.8, 4) is 0 Å². The van der Waals surface area contributed by atoms with Crippen molar-refractivity contribution in [2.75, 3.05) is 0 Å². The zero-order valence-corrected chi connectivity index (χ0v) is 13.5. The van der Waals surface area contributed by atoms with Crippen LogP contribution >= 0.6 is 0 Å². The van der Waals surface area contributed by atoms with Gasteiger partial charge in [0.05, 0.1) is 12.5 Å². The molecule has 21 heavy (non-hydrogen) atoms. The van der Waals surface area contributed by atoms with Gasteiger partial charge >= 0.3 is 0 Å². The molecule has 2 rings (SSSR count). The van der Waals surface area contributed by atoms with Gasteiger partial charge in [-0.25, -0.2) is 23.1 Å². The summed E-state index contributed by atoms with van der Waals surface area (Å²) in [5.41, 5.74) is -0.244. The summed E-state index contributed by atoms with van der Waals surface area (Å²) >= 11 is 0. The Morgan fingerprint density at radius 3 is 2.62 bits per heavy atom. The summed E-state index contributed by atoms with van der Waals surface area (Å²) in [6.07, 6.45) is 6.49. The first kappa shape index (κ1) is 15.7. The summed E-state index contributed by atoms with van der Waals surface area (Å²) in [5, 5.41) is 0.0832. The van der Waals surface area contributed by atoms with Crippen LogP contribution in [0.1, 0.15) is 26.6 Å². The molecular formula is C13H21N5O2S. The smallest absolute Gasteiger partial charge is 0.257 e. The molecule has 7 nitrogen and oxygen atoms in total. The van der Waals surface area contributed by atoms with E-state index in [0.29, 0.717) is 12.4 Å². The number of sulfonamides is 1. The third kappa shape index (κ3) is 3.92. The van der Waals surface area contributed by atoms with Crippen LogP contribution in [0.2, 0.25) is 0 Å². The molecule has 1 atom stereocenters. The van der Waals surface area contributed by atoms with Crippen molar-refractivity contribution in [2.24, 2.45) is 5.41 Å². The number of nitrogens with zero attached hydrogens (tertiary/aromatic N) is 3. The van der Waals surface area contributed by atoms with Crippen LogP contribution in [0, 0.1) is 12.3 Å². The fraction of sp³-hybridized carbons (Fsp3) is 0.538. The summed E-state index contributed by atoms with van der Waals surface area (Å²) in [6.45, 7) is 8.21. The fourth-order valence-corrected chi connectivity index (χ4v) is 3.28. The number of hydrogen-bond acceptors (Lipinski definition) is 4. The molecule has 0 saturated heterocycles. The van der Waals surface area contributed by atoms with Crippen LogP contribution in [0.3, 0.4) is 0 Å². The van der Waals surface area contributed by atoms with Crippen LogP contribution in [0.25, 0.3) is 0 Å². The largest absolute Gasteiger partial charge is 0.336 e. The van der Waals surface area contributed by atoms with E-state index in [1.54, 1.807) is 19.4 Å². The molecule has 0 aliphatic heterocycles. The maximum absolute atomic E-state index is 12.4. The molecule has 8 heteroatoms. The molecule has 116 valence electrons. The minimum Gasteiger partial charge on any atom is -0.336 e. The van der Waals surface area contributed by atoms with Gasteiger partial charge in [0.1, 0.15) is 5.82 Å². The molecule has 0 radical (unpaired) electrons. The molecular weight excluding hydrogens is 290 g/mol. The van der Waals surface area contributed by atoms with Crippen molar-refractivity contribution in [2.45, 2.75) is 45.3 Å². The highest BCUT2D eigenvalue weighted by molar-refractivity contribution is 7.89. The van der Waals surface area contributed by atoms with Gasteiger partial charge < -0.3 is 9.55 Å². The molecule has 0 aromatic carbocycles. The van der Waals surface area contributed by atoms with Gasteiger partial charge in [-0.15, -0.1) is 0 Å². The van der Waals surface area contributed by atoms with Crippen LogP contribution in [-0.2, 0) is 16.6 Å². The summed E-state index contributed by atoms with van der Waals surface area (Å²) in [4.78, 5) is 10.7. The number of aromatic amines is 1. The van der Waals surface area contributed by atoms with E-state index in [2.05, 4.69) is 19.7 Å². The van der Waals surface area contributed by atoms with Crippen LogP contribution < -0.4 is 4.72 Å². The zero-order chi connectivity index (χ0) is 15.7. The summed E-state index contributed by atoms with van der Waals surface area (Å²) in [5.74, 6) is 0.567. The second kappa shape index (κ2) is 5.61. The van der Waals surface area contributed by atoms with E-state index >= 15 is 0 Å². The lowest BCUT2D eigenvalue weighted by Crippen LogP contribution is -2.46. The standard InChI is InChI=1S/C13H21N5O2S/c1-10-15-7-12(16-10)21(19,20)17-11(13(2,3)4)8-18-6-5-14-9-18/h5-7,9,11,17H,8H2,1-4H3,(H,15,16). The summed E-state index contributed by atoms with van der Waals surface area (Å²) < 4.78 is 29.5. The van der Waals surface area contributed by atoms with Gasteiger partial charge in [-0.1, -0.05) is 20.8 Å². The summed E-state index contributed by atoms with van der Waals surface area (Å²) in [7, 11) is -3.63. The first-order chi connectivity index (χ1) is 9.68. The normalized spacial score (nSPS) is 14.3. The van der Waals surface area contributed by atoms with Gasteiger partial charge in [0.2, 0.25) is 0 Å². The van der Waals surface area contributed by atoms with Crippen LogP contribution in [0.4, 0.5) is 0 Å². The minimum absolute atomic E-state index is 0.0832. The van der Waals surface area contributed by atoms with Gasteiger partial charge in [0, 0.05) is 25.0 Å². The van der Waals surface area contributed by atoms with E-state index in [9.17, 15) is 8.42 Å². The maximum Gasteiger partial charge on any atom is 0.257 e. The predicted octanol–water partition coefficient (Wildman–Crippen LogP) is 1.31. The topological polar surface area (TPSA) is 92.7 Å². The predicted molar refractivity (Wildman–Crippen MR) is 79.1 cm³/mol. The number of nitrogens with one attached hydrogen (secondary N) is 2. The molecule has 0 fully saturated rings. The molecule has 2 aromatic heterocycles. The van der Waals surface area contributed by atoms with Crippen molar-refractivity contribution >= 4 is 10.0 Å². The lowest BCUT2D eigenvalue weighted by molar-refractivity contribution is 0.270. The van der Waals surface area contributed by atoms with E-state index < -0.39 is 10.0 Å². The molecule has 0 saturated carbocycles. The quantitative estimate of drug-likeness (QED) is 0.870. The van der Waals surface area contributed by atoms with Crippen LogP contribution in [0.5, 0.6) is 0 Å². The van der Waals surface area contributed by atoms with E-state index in [0.717, 1.165) is 0 Å². The number of hydrogen-bond donors (Lipinski definition) is 2. The van der Waals surface area contributed by atoms with E-state index in [-0.39, 0.29) is 16.5 Å². The van der Waals surface area contributed by atoms with E-state index in [1.807, 2.05) is 31.5 Å². The molecule has 1 unspecified atom stereocenters. The third-order valence-electron chi connectivity index (χ3n) is 3.26. The Morgan fingerprint density at radius 2 is 2.14 bits per heavy atom. The second-order valence-electron chi connectivity index (χ2n) is 6.13. The second-order valence-corrected chi connectivity index (χ2v) is 7.81. The zero-order valence-electron chi connectivity index (χ0n) is 12.7. The SMILES string of the molecule is Cc1ncc(S(=O)(=O)NC(Cn2ccnc2)C(C)(C)C)[nH]1. The molecule has 0 bridgehead atoms. The first-order valence-electron chi connectivity index (χ1n) is 6.68. The number of rotatable bonds is 5. The maximum atomic E-state index is 12.4. The molecule has 2 heterocycles. The van der Waals surface area contributed by atoms with Gasteiger partial charge in [-0.05, 0) is 12.3 Å². The number of H-pyrrole nitrogens is 1. The van der Waals surface area contributed by atoms with Crippen molar-refractivity contribution in [3.63, 3.8) is 0 Å². The Balaban J connectivity index is 2.22. The van der Waals surface area contributed by atoms with Crippen LogP contribution in [-0.4, -0.2) is 34.0 Å². The molecule has 0 aliphatic rings. The first-order valence-corrected chi connectivity index (χ1v) is 8.16. The lowest BCUT2D eigenvalue weighted by atomic mass is 9.87. The molecule has 0 amide bonds. The highest BCUT2D eigenvalue weighted by Gasteiger charge is 2.30. The van der Waals surface area contributed by atoms with Crippen molar-refractivity contribution in [3.05, 3.63) is 30.7 Å². The minimum atomic E-state index is -3.63. The van der Waals surface area contributed by atoms with Crippen molar-refractivity contribution in [1.29, 1.82) is 0 Å². The number of imidazole rings is 2. The average Bonchev–Trinajstić information content (AvgIpc) is 2.98. The molecule has 2 N–H and O–H groups in total. The highest BCUT2D eigenvalue weighted by atomic mass is 32.2. The van der Waals surface area contributed by atoms with Crippen molar-refractivity contribution in [1.82, 2.24) is 24.2 Å². The number of aryl methyl sites for hydroxylation is 1. The fourth-order valence-electron chi connectivity index (χ4n) is 1.88. The average molecular weight is 311 g/mol. The monoisotopic (exact) mass is 311 g/mol. The van der Waals surface area contributed by atoms with Crippen LogP contribution in [0.15, 0.2) is 29.9 Å². The number of aromatic nitrogens is 4. The Morgan fingerprint density at radius 1 is 1.43 bits per heavy atom. The van der Waals surface area contributed by atoms with Crippen molar-refractivity contribution < 1.29 is 8.42 Å².